The highest BCUT2D eigenvalue weighted by Gasteiger charge is 2.50. The van der Waals surface area contributed by atoms with Crippen molar-refractivity contribution in [3.8, 4) is 0 Å². The molecule has 18 heavy (non-hydrogen) atoms. The first-order chi connectivity index (χ1) is 8.23. The molecule has 0 bridgehead atoms. The highest BCUT2D eigenvalue weighted by Crippen LogP contribution is 2.38. The molecule has 0 saturated carbocycles. The van der Waals surface area contributed by atoms with Crippen molar-refractivity contribution >= 4 is 34.6 Å². The van der Waals surface area contributed by atoms with Crippen LogP contribution in [0.5, 0.6) is 0 Å². The summed E-state index contributed by atoms with van der Waals surface area (Å²) in [7, 11) is -0.248. The van der Waals surface area contributed by atoms with Gasteiger partial charge >= 0.3 is 7.12 Å². The van der Waals surface area contributed by atoms with Crippen molar-refractivity contribution in [1.29, 1.82) is 0 Å². The van der Waals surface area contributed by atoms with E-state index in [4.69, 9.17) is 20.9 Å². The monoisotopic (exact) mass is 330 g/mol. The molecule has 0 aliphatic carbocycles. The molecule has 1 fully saturated rings. The molecule has 0 unspecified atom stereocenters. The third-order valence-electron chi connectivity index (χ3n) is 3.72. The van der Waals surface area contributed by atoms with Gasteiger partial charge in [-0.1, -0.05) is 23.7 Å². The smallest absolute Gasteiger partial charge is 0.403 e. The lowest BCUT2D eigenvalue weighted by molar-refractivity contribution is 0.00578. The summed E-state index contributed by atoms with van der Waals surface area (Å²) in [6.45, 7) is 8.20. The molecule has 1 aliphatic heterocycles. The Kier molecular flexibility index (Phi) is 3.85. The highest BCUT2D eigenvalue weighted by atomic mass is 79.9. The summed E-state index contributed by atoms with van der Waals surface area (Å²) in [5.74, 6) is 0. The van der Waals surface area contributed by atoms with E-state index < -0.39 is 0 Å². The average molecular weight is 331 g/mol. The van der Waals surface area contributed by atoms with Crippen molar-refractivity contribution in [2.75, 3.05) is 0 Å². The first-order valence-electron chi connectivity index (χ1n) is 6.01. The van der Waals surface area contributed by atoms with Gasteiger partial charge in [0.2, 0.25) is 0 Å². The van der Waals surface area contributed by atoms with E-state index in [0.717, 1.165) is 15.1 Å². The number of benzene rings is 1. The van der Waals surface area contributed by atoms with Gasteiger partial charge in [-0.25, -0.2) is 0 Å². The van der Waals surface area contributed by atoms with Crippen LogP contribution in [0.1, 0.15) is 33.3 Å². The normalized spacial score (nSPS) is 21.3. The first-order valence-corrected chi connectivity index (χ1v) is 7.18. The van der Waals surface area contributed by atoms with Crippen molar-refractivity contribution in [2.24, 2.45) is 0 Å². The Morgan fingerprint density at radius 1 is 1.17 bits per heavy atom. The fraction of sp³-hybridized carbons (Fsp3) is 0.538. The lowest BCUT2D eigenvalue weighted by Crippen LogP contribution is -2.41. The number of hydrogen-bond acceptors (Lipinski definition) is 2. The summed E-state index contributed by atoms with van der Waals surface area (Å²) in [4.78, 5) is 0. The van der Waals surface area contributed by atoms with E-state index >= 15 is 0 Å². The Morgan fingerprint density at radius 3 is 2.28 bits per heavy atom. The standard InChI is InChI=1S/C13H17BBrClO2/c1-12(2)13(3,4)18-14(17-12)8-9-6-5-7-10(15)11(9)16/h5-7H,8H2,1-4H3. The van der Waals surface area contributed by atoms with Crippen molar-refractivity contribution in [3.63, 3.8) is 0 Å². The molecule has 2 rings (SSSR count). The maximum absolute atomic E-state index is 6.26. The van der Waals surface area contributed by atoms with Gasteiger partial charge in [-0.15, -0.1) is 0 Å². The van der Waals surface area contributed by atoms with Gasteiger partial charge in [0, 0.05) is 10.8 Å². The third kappa shape index (κ3) is 2.62. The van der Waals surface area contributed by atoms with E-state index in [1.165, 1.54) is 0 Å². The van der Waals surface area contributed by atoms with Crippen LogP contribution in [-0.2, 0) is 15.6 Å². The molecule has 1 aromatic carbocycles. The molecule has 1 aromatic rings. The van der Waals surface area contributed by atoms with Gasteiger partial charge in [0.25, 0.3) is 0 Å². The van der Waals surface area contributed by atoms with Crippen LogP contribution < -0.4 is 0 Å². The van der Waals surface area contributed by atoms with E-state index in [0.29, 0.717) is 6.32 Å². The molecule has 5 heteroatoms. The molecule has 0 aromatic heterocycles. The Hall–Kier alpha value is -0.0251. The minimum atomic E-state index is -0.295. The summed E-state index contributed by atoms with van der Waals surface area (Å²) in [6, 6.07) is 5.89. The molecule has 0 amide bonds. The largest absolute Gasteiger partial charge is 0.462 e. The quantitative estimate of drug-likeness (QED) is 0.753. The van der Waals surface area contributed by atoms with Crippen molar-refractivity contribution < 1.29 is 9.31 Å². The number of halogens is 2. The zero-order valence-corrected chi connectivity index (χ0v) is 13.4. The van der Waals surface area contributed by atoms with E-state index in [9.17, 15) is 0 Å². The Labute approximate surface area is 122 Å². The third-order valence-corrected chi connectivity index (χ3v) is 5.06. The minimum absolute atomic E-state index is 0.248. The topological polar surface area (TPSA) is 18.5 Å². The lowest BCUT2D eigenvalue weighted by Gasteiger charge is -2.32. The van der Waals surface area contributed by atoms with Gasteiger partial charge in [0.15, 0.2) is 0 Å². The molecule has 1 heterocycles. The molecule has 98 valence electrons. The van der Waals surface area contributed by atoms with Gasteiger partial charge in [0.1, 0.15) is 0 Å². The van der Waals surface area contributed by atoms with Crippen LogP contribution in [0.15, 0.2) is 22.7 Å². The second kappa shape index (κ2) is 4.82. The summed E-state index contributed by atoms with van der Waals surface area (Å²) in [6.07, 6.45) is 0.658. The van der Waals surface area contributed by atoms with Crippen LogP contribution in [0.4, 0.5) is 0 Å². The summed E-state index contributed by atoms with van der Waals surface area (Å²) in [5.41, 5.74) is 0.441. The van der Waals surface area contributed by atoms with Gasteiger partial charge in [0.05, 0.1) is 16.2 Å². The lowest BCUT2D eigenvalue weighted by atomic mass is 9.81. The molecular formula is C13H17BBrClO2. The van der Waals surface area contributed by atoms with Crippen LogP contribution in [-0.4, -0.2) is 18.3 Å². The average Bonchev–Trinajstić information content (AvgIpc) is 2.43. The Morgan fingerprint density at radius 2 is 1.72 bits per heavy atom. The van der Waals surface area contributed by atoms with Gasteiger partial charge in [-0.3, -0.25) is 0 Å². The van der Waals surface area contributed by atoms with Gasteiger partial charge < -0.3 is 9.31 Å². The molecular weight excluding hydrogens is 314 g/mol. The van der Waals surface area contributed by atoms with Crippen molar-refractivity contribution in [2.45, 2.75) is 45.2 Å². The molecule has 0 atom stereocenters. The SMILES string of the molecule is CC1(C)OB(Cc2cccc(Br)c2Cl)OC1(C)C. The fourth-order valence-electron chi connectivity index (χ4n) is 1.93. The summed E-state index contributed by atoms with van der Waals surface area (Å²) >= 11 is 9.68. The molecule has 1 aliphatic rings. The van der Waals surface area contributed by atoms with Crippen molar-refractivity contribution in [3.05, 3.63) is 33.3 Å². The first kappa shape index (κ1) is 14.4. The van der Waals surface area contributed by atoms with E-state index in [1.54, 1.807) is 0 Å². The van der Waals surface area contributed by atoms with E-state index in [1.807, 2.05) is 18.2 Å². The summed E-state index contributed by atoms with van der Waals surface area (Å²) < 4.78 is 12.8. The molecule has 0 N–H and O–H groups in total. The number of rotatable bonds is 2. The van der Waals surface area contributed by atoms with Crippen LogP contribution >= 0.6 is 27.5 Å². The zero-order valence-electron chi connectivity index (χ0n) is 11.1. The van der Waals surface area contributed by atoms with Gasteiger partial charge in [-0.05, 0) is 55.3 Å². The second-order valence-corrected chi connectivity index (χ2v) is 6.84. The number of hydrogen-bond donors (Lipinski definition) is 0. The Bertz CT molecular complexity index is 446. The van der Waals surface area contributed by atoms with E-state index in [-0.39, 0.29) is 18.3 Å². The summed E-state index contributed by atoms with van der Waals surface area (Å²) in [5, 5.41) is 0.729. The maximum atomic E-state index is 6.26. The predicted octanol–water partition coefficient (Wildman–Crippen LogP) is 4.28. The second-order valence-electron chi connectivity index (χ2n) is 5.60. The van der Waals surface area contributed by atoms with Crippen LogP contribution in [0.3, 0.4) is 0 Å². The molecule has 2 nitrogen and oxygen atoms in total. The predicted molar refractivity (Wildman–Crippen MR) is 78.9 cm³/mol. The van der Waals surface area contributed by atoms with Crippen molar-refractivity contribution in [1.82, 2.24) is 0 Å². The molecule has 1 saturated heterocycles. The van der Waals surface area contributed by atoms with Crippen LogP contribution in [0, 0.1) is 0 Å². The van der Waals surface area contributed by atoms with Gasteiger partial charge in [-0.2, -0.15) is 0 Å². The Balaban J connectivity index is 2.15. The minimum Gasteiger partial charge on any atom is -0.403 e. The highest BCUT2D eigenvalue weighted by molar-refractivity contribution is 9.10. The van der Waals surface area contributed by atoms with E-state index in [2.05, 4.69) is 43.6 Å². The fourth-order valence-corrected chi connectivity index (χ4v) is 2.54. The molecule has 0 radical (unpaired) electrons. The molecule has 0 spiro atoms. The van der Waals surface area contributed by atoms with Crippen LogP contribution in [0.2, 0.25) is 5.02 Å². The maximum Gasteiger partial charge on any atom is 0.462 e. The zero-order chi connectivity index (χ0) is 13.6. The van der Waals surface area contributed by atoms with Crippen LogP contribution in [0.25, 0.3) is 0 Å².